The van der Waals surface area contributed by atoms with Crippen LogP contribution in [0.2, 0.25) is 0 Å². The molecule has 24 aromatic rings. The van der Waals surface area contributed by atoms with E-state index in [1.54, 1.807) is 0 Å². The Morgan fingerprint density at radius 3 is 0.756 bits per heavy atom. The van der Waals surface area contributed by atoms with Crippen molar-refractivity contribution in [1.29, 1.82) is 0 Å². The van der Waals surface area contributed by atoms with Gasteiger partial charge in [-0.3, -0.25) is 0 Å². The highest BCUT2D eigenvalue weighted by atomic mass is 15.1. The molecule has 0 radical (unpaired) electrons. The van der Waals surface area contributed by atoms with Gasteiger partial charge < -0.3 is 37.9 Å². The van der Waals surface area contributed by atoms with Gasteiger partial charge in [0.2, 0.25) is 0 Å². The maximum atomic E-state index is 2.38. The Labute approximate surface area is 789 Å². The summed E-state index contributed by atoms with van der Waals surface area (Å²) >= 11 is 0. The molecule has 0 saturated heterocycles. The molecule has 0 aliphatic carbocycles. The van der Waals surface area contributed by atoms with Gasteiger partial charge in [-0.2, -0.15) is 0 Å². The molecule has 4 aromatic heterocycles. The topological polar surface area (TPSA) is 32.7 Å². The predicted octanol–water partition coefficient (Wildman–Crippen LogP) is 33.7. The minimum absolute atomic E-state index is 1.04. The lowest BCUT2D eigenvalue weighted by Crippen LogP contribution is -2.08. The van der Waals surface area contributed by atoms with Crippen LogP contribution in [-0.4, -0.2) is 46.5 Å². The van der Waals surface area contributed by atoms with E-state index in [9.17, 15) is 0 Å². The molecule has 20 aromatic carbocycles. The van der Waals surface area contributed by atoms with E-state index in [1.807, 2.05) is 0 Å². The Bertz CT molecular complexity index is 8300. The molecule has 650 valence electrons. The number of benzene rings is 20. The first-order chi connectivity index (χ1) is 66.5. The molecular weight excluding hydrogens is 1640 g/mol. The maximum absolute atomic E-state index is 2.38. The SMILES string of the molecule is CCc1ccc2c(c1)c1cc(N(C)c3ccccc3)ccc1n2-c1ccccc1.CN(c1ccccc1)c1ccc2c(c1)c1cc(-c3cccc(-c4ccccc4)c3)ccc1n2-c1ccccc1.CN(c1ccccc1)c1ccc2c(c1)c1cc(-c3ccccc3-c3ccccc3)ccc1n2-c1ccccc1.Cc1ccc2c(c1)c1cc(N(C)c3ccccc3)ccc1n2-c1ccccc1. The molecular formula is C127H102N8. The zero-order valence-electron chi connectivity index (χ0n) is 76.6. The van der Waals surface area contributed by atoms with Gasteiger partial charge in [-0.05, 0) is 288 Å². The van der Waals surface area contributed by atoms with Gasteiger partial charge in [0.1, 0.15) is 0 Å². The van der Waals surface area contributed by atoms with Crippen LogP contribution < -0.4 is 19.6 Å². The van der Waals surface area contributed by atoms with Crippen molar-refractivity contribution >= 4 is 133 Å². The van der Waals surface area contributed by atoms with Crippen molar-refractivity contribution in [3.63, 3.8) is 0 Å². The number of rotatable bonds is 17. The zero-order valence-corrected chi connectivity index (χ0v) is 76.6. The third-order valence-corrected chi connectivity index (χ3v) is 26.4. The molecule has 0 fully saturated rings. The van der Waals surface area contributed by atoms with Crippen LogP contribution in [0.25, 0.3) is 154 Å². The Hall–Kier alpha value is -17.2. The van der Waals surface area contributed by atoms with Crippen molar-refractivity contribution in [2.75, 3.05) is 47.8 Å². The third kappa shape index (κ3) is 16.9. The zero-order chi connectivity index (χ0) is 91.2. The minimum Gasteiger partial charge on any atom is -0.345 e. The Kier molecular flexibility index (Phi) is 23.6. The average Bonchev–Trinajstić information content (AvgIpc) is 1.61. The van der Waals surface area contributed by atoms with Crippen LogP contribution in [0.1, 0.15) is 18.1 Å². The molecule has 0 N–H and O–H groups in total. The van der Waals surface area contributed by atoms with Gasteiger partial charge in [-0.15, -0.1) is 0 Å². The fourth-order valence-corrected chi connectivity index (χ4v) is 19.3. The van der Waals surface area contributed by atoms with E-state index in [4.69, 9.17) is 0 Å². The highest BCUT2D eigenvalue weighted by Gasteiger charge is 2.23. The molecule has 0 amide bonds. The van der Waals surface area contributed by atoms with E-state index in [2.05, 4.69) is 577 Å². The molecule has 4 heterocycles. The predicted molar refractivity (Wildman–Crippen MR) is 577 cm³/mol. The van der Waals surface area contributed by atoms with Crippen LogP contribution in [0.5, 0.6) is 0 Å². The lowest BCUT2D eigenvalue weighted by Gasteiger charge is -2.19. The molecule has 8 heteroatoms. The van der Waals surface area contributed by atoms with Gasteiger partial charge in [-0.1, -0.05) is 285 Å². The van der Waals surface area contributed by atoms with Crippen LogP contribution in [-0.2, 0) is 6.42 Å². The summed E-state index contributed by atoms with van der Waals surface area (Å²) in [5.41, 5.74) is 36.4. The summed E-state index contributed by atoms with van der Waals surface area (Å²) in [5, 5.41) is 10.2. The summed E-state index contributed by atoms with van der Waals surface area (Å²) in [4.78, 5) is 8.98. The second-order valence-electron chi connectivity index (χ2n) is 34.6. The van der Waals surface area contributed by atoms with Gasteiger partial charge in [0.25, 0.3) is 0 Å². The minimum atomic E-state index is 1.04. The fourth-order valence-electron chi connectivity index (χ4n) is 19.3. The number of hydrogen-bond donors (Lipinski definition) is 0. The lowest BCUT2D eigenvalue weighted by atomic mass is 9.94. The largest absolute Gasteiger partial charge is 0.345 e. The standard InChI is InChI=1S/2C37H28N2.C27H24N2.C26H22N2/c1-38(29-15-7-3-8-16-29)31-22-24-37-35(26-31)34-25-28(21-23-36(34)39(37)30-17-9-4-10-18-30)33-20-12-11-19-32(33)27-13-5-2-6-14-27;1-38(31-16-7-3-8-17-31)33-21-23-37-35(26-33)34-25-30(20-22-36(34)39(37)32-18-9-4-10-19-32)29-15-11-14-28(24-29)27-12-5-2-6-13-27;1-3-20-14-16-26-24(18-20)25-19-23(28(2)21-10-6-4-7-11-21)15-17-27(25)29(26)22-12-8-5-9-13-22;1-19-13-15-25-23(17-19)24-18-22(27(2)20-9-5-3-6-10-20)14-16-26(24)28(25)21-11-7-4-8-12-21/h2*2-26H,1H3;4-19H,3H2,1-2H3;3-18H,1-2H3. The van der Waals surface area contributed by atoms with Crippen LogP contribution in [0.3, 0.4) is 0 Å². The maximum Gasteiger partial charge on any atom is 0.0542 e. The van der Waals surface area contributed by atoms with Crippen molar-refractivity contribution in [2.45, 2.75) is 20.3 Å². The van der Waals surface area contributed by atoms with Gasteiger partial charge in [-0.25, -0.2) is 0 Å². The number of hydrogen-bond acceptors (Lipinski definition) is 4. The van der Waals surface area contributed by atoms with Gasteiger partial charge in [0, 0.05) is 140 Å². The van der Waals surface area contributed by atoms with Gasteiger partial charge in [0.05, 0.1) is 44.1 Å². The number of anilines is 8. The summed E-state index contributed by atoms with van der Waals surface area (Å²) in [6, 6.07) is 178. The molecule has 8 nitrogen and oxygen atoms in total. The monoisotopic (exact) mass is 1740 g/mol. The lowest BCUT2D eigenvalue weighted by molar-refractivity contribution is 1.14. The van der Waals surface area contributed by atoms with E-state index in [0.717, 1.165) is 17.8 Å². The summed E-state index contributed by atoms with van der Waals surface area (Å²) in [6.07, 6.45) is 1.04. The number of fused-ring (bicyclic) bond motifs is 12. The molecule has 0 saturated carbocycles. The summed E-state index contributed by atoms with van der Waals surface area (Å²) < 4.78 is 9.48. The Morgan fingerprint density at radius 2 is 0.407 bits per heavy atom. The van der Waals surface area contributed by atoms with Crippen LogP contribution in [0.4, 0.5) is 45.5 Å². The molecule has 0 aliphatic rings. The number of aryl methyl sites for hydroxylation is 2. The van der Waals surface area contributed by atoms with Crippen molar-refractivity contribution in [3.05, 3.63) is 509 Å². The van der Waals surface area contributed by atoms with Crippen molar-refractivity contribution in [3.8, 4) is 67.3 Å². The summed E-state index contributed by atoms with van der Waals surface area (Å²) in [6.45, 7) is 4.37. The van der Waals surface area contributed by atoms with E-state index in [1.165, 1.54) is 200 Å². The molecule has 0 spiro atoms. The molecule has 24 rings (SSSR count). The van der Waals surface area contributed by atoms with Crippen LogP contribution in [0, 0.1) is 6.92 Å². The number of nitrogens with zero attached hydrogens (tertiary/aromatic N) is 8. The van der Waals surface area contributed by atoms with E-state index < -0.39 is 0 Å². The first-order valence-corrected chi connectivity index (χ1v) is 46.5. The molecule has 0 unspecified atom stereocenters. The van der Waals surface area contributed by atoms with Crippen molar-refractivity contribution < 1.29 is 0 Å². The van der Waals surface area contributed by atoms with Crippen molar-refractivity contribution in [2.24, 2.45) is 0 Å². The van der Waals surface area contributed by atoms with E-state index in [0.29, 0.717) is 0 Å². The fraction of sp³-hybridized carbons (Fsp3) is 0.0551. The van der Waals surface area contributed by atoms with E-state index in [-0.39, 0.29) is 0 Å². The van der Waals surface area contributed by atoms with Crippen LogP contribution in [0.15, 0.2) is 497 Å². The summed E-state index contributed by atoms with van der Waals surface area (Å²) in [7, 11) is 8.52. The second-order valence-corrected chi connectivity index (χ2v) is 34.6. The summed E-state index contributed by atoms with van der Waals surface area (Å²) in [5.74, 6) is 0. The highest BCUT2D eigenvalue weighted by molar-refractivity contribution is 6.15. The van der Waals surface area contributed by atoms with E-state index >= 15 is 0 Å². The molecule has 0 bridgehead atoms. The second kappa shape index (κ2) is 37.7. The first kappa shape index (κ1) is 84.6. The smallest absolute Gasteiger partial charge is 0.0542 e. The van der Waals surface area contributed by atoms with Gasteiger partial charge >= 0.3 is 0 Å². The molecule has 0 aliphatic heterocycles. The average molecular weight is 1740 g/mol. The Balaban J connectivity index is 0.000000109. The molecule has 0 atom stereocenters. The van der Waals surface area contributed by atoms with Crippen molar-refractivity contribution in [1.82, 2.24) is 18.3 Å². The normalized spacial score (nSPS) is 11.2. The highest BCUT2D eigenvalue weighted by Crippen LogP contribution is 2.45. The molecule has 135 heavy (non-hydrogen) atoms. The Morgan fingerprint density at radius 1 is 0.170 bits per heavy atom. The quantitative estimate of drug-likeness (QED) is 0.0910. The first-order valence-electron chi connectivity index (χ1n) is 46.5. The third-order valence-electron chi connectivity index (χ3n) is 26.4. The van der Waals surface area contributed by atoms with Crippen LogP contribution >= 0.6 is 0 Å². The number of para-hydroxylation sites is 8. The number of aromatic nitrogens is 4. The van der Waals surface area contributed by atoms with Gasteiger partial charge in [0.15, 0.2) is 0 Å².